The first kappa shape index (κ1) is 26.5. The second-order valence-corrected chi connectivity index (χ2v) is 8.71. The molecular weight excluding hydrogens is 426 g/mol. The van der Waals surface area contributed by atoms with E-state index in [0.717, 1.165) is 21.8 Å². The number of phenolic OH excluding ortho intramolecular Hbond substituents is 1. The first-order valence-corrected chi connectivity index (χ1v) is 11.1. The number of phenols is 1. The monoisotopic (exact) mass is 455 g/mol. The number of nitrogens with zero attached hydrogens (tertiary/aromatic N) is 4. The van der Waals surface area contributed by atoms with Crippen molar-refractivity contribution >= 4 is 27.2 Å². The molecule has 3 aromatic carbocycles. The molecule has 0 aliphatic carbocycles. The van der Waals surface area contributed by atoms with E-state index < -0.39 is 10.0 Å². The first-order valence-electron chi connectivity index (χ1n) is 9.29. The number of benzene rings is 3. The van der Waals surface area contributed by atoms with E-state index in [4.69, 9.17) is 0 Å². The summed E-state index contributed by atoms with van der Waals surface area (Å²) in [4.78, 5) is 0. The molecular formula is C23H29N5O3S. The molecule has 0 bridgehead atoms. The van der Waals surface area contributed by atoms with E-state index in [-0.39, 0.29) is 13.2 Å². The molecule has 9 heteroatoms. The maximum absolute atomic E-state index is 10.3. The fraction of sp³-hybridized carbons (Fsp3) is 0.174. The van der Waals surface area contributed by atoms with Gasteiger partial charge in [0, 0.05) is 19.7 Å². The molecule has 3 rings (SSSR count). The summed E-state index contributed by atoms with van der Waals surface area (Å²) in [7, 11) is 0.0833. The van der Waals surface area contributed by atoms with Crippen molar-refractivity contribution in [3.63, 3.8) is 0 Å². The van der Waals surface area contributed by atoms with Crippen LogP contribution in [0, 0.1) is 0 Å². The van der Waals surface area contributed by atoms with Crippen LogP contribution in [-0.2, 0) is 10.0 Å². The molecule has 0 fully saturated rings. The number of hydrogen-bond donors (Lipinski definition) is 2. The molecule has 0 unspecified atom stereocenters. The third kappa shape index (κ3) is 9.07. The van der Waals surface area contributed by atoms with E-state index in [1.807, 2.05) is 60.7 Å². The highest BCUT2D eigenvalue weighted by molar-refractivity contribution is 7.88. The SMILES string of the molecule is C.CN(C)S(C)(=O)=O.Oc1ccccc1N=N/C(=N\Nc1ccccc1)c1ccccc1. The third-order valence-corrected chi connectivity index (χ3v) is 5.22. The van der Waals surface area contributed by atoms with Gasteiger partial charge >= 0.3 is 0 Å². The molecule has 0 aliphatic rings. The Morgan fingerprint density at radius 3 is 1.91 bits per heavy atom. The predicted molar refractivity (Wildman–Crippen MR) is 131 cm³/mol. The lowest BCUT2D eigenvalue weighted by molar-refractivity contribution is 0.476. The topological polar surface area (TPSA) is 107 Å². The van der Waals surface area contributed by atoms with Gasteiger partial charge in [-0.15, -0.1) is 10.2 Å². The van der Waals surface area contributed by atoms with Crippen molar-refractivity contribution in [2.45, 2.75) is 7.43 Å². The van der Waals surface area contributed by atoms with Crippen LogP contribution in [0.15, 0.2) is 100 Å². The minimum Gasteiger partial charge on any atom is -0.506 e. The van der Waals surface area contributed by atoms with Crippen LogP contribution in [-0.4, -0.2) is 44.0 Å². The molecule has 8 nitrogen and oxygen atoms in total. The second-order valence-electron chi connectivity index (χ2n) is 6.51. The van der Waals surface area contributed by atoms with Gasteiger partial charge in [-0.25, -0.2) is 12.7 Å². The van der Waals surface area contributed by atoms with E-state index in [9.17, 15) is 13.5 Å². The Bertz CT molecular complexity index is 1120. The lowest BCUT2D eigenvalue weighted by atomic mass is 10.2. The molecule has 0 saturated carbocycles. The average Bonchev–Trinajstić information content (AvgIpc) is 2.76. The van der Waals surface area contributed by atoms with Gasteiger partial charge in [-0.3, -0.25) is 5.43 Å². The number of amidine groups is 1. The summed E-state index contributed by atoms with van der Waals surface area (Å²) in [6.45, 7) is 0. The van der Waals surface area contributed by atoms with E-state index in [2.05, 4.69) is 20.8 Å². The maximum Gasteiger partial charge on any atom is 0.210 e. The van der Waals surface area contributed by atoms with Gasteiger partial charge in [0.25, 0.3) is 0 Å². The molecule has 170 valence electrons. The van der Waals surface area contributed by atoms with Crippen molar-refractivity contribution in [2.75, 3.05) is 25.8 Å². The normalized spacial score (nSPS) is 11.4. The molecule has 3 aromatic rings. The Balaban J connectivity index is 0.000000558. The number of aromatic hydroxyl groups is 1. The second kappa shape index (κ2) is 13.0. The fourth-order valence-electron chi connectivity index (χ4n) is 2.01. The summed E-state index contributed by atoms with van der Waals surface area (Å²) in [5.41, 5.74) is 5.03. The largest absolute Gasteiger partial charge is 0.506 e. The summed E-state index contributed by atoms with van der Waals surface area (Å²) < 4.78 is 21.7. The van der Waals surface area contributed by atoms with Crippen LogP contribution in [0.5, 0.6) is 5.75 Å². The highest BCUT2D eigenvalue weighted by atomic mass is 32.2. The van der Waals surface area contributed by atoms with Crippen LogP contribution in [0.2, 0.25) is 0 Å². The van der Waals surface area contributed by atoms with Gasteiger partial charge in [0.2, 0.25) is 15.9 Å². The number of para-hydroxylation sites is 2. The zero-order valence-electron chi connectivity index (χ0n) is 17.5. The molecule has 0 saturated heterocycles. The van der Waals surface area contributed by atoms with Gasteiger partial charge in [-0.2, -0.15) is 5.10 Å². The smallest absolute Gasteiger partial charge is 0.210 e. The van der Waals surface area contributed by atoms with Crippen molar-refractivity contribution in [1.82, 2.24) is 4.31 Å². The highest BCUT2D eigenvalue weighted by Gasteiger charge is 2.04. The van der Waals surface area contributed by atoms with E-state index in [1.54, 1.807) is 24.3 Å². The lowest BCUT2D eigenvalue weighted by Gasteiger charge is -2.03. The highest BCUT2D eigenvalue weighted by Crippen LogP contribution is 2.25. The van der Waals surface area contributed by atoms with E-state index in [1.165, 1.54) is 14.1 Å². The van der Waals surface area contributed by atoms with Crippen molar-refractivity contribution in [3.05, 3.63) is 90.5 Å². The maximum atomic E-state index is 10.3. The molecule has 0 atom stereocenters. The zero-order chi connectivity index (χ0) is 22.7. The number of anilines is 1. The molecule has 0 radical (unpaired) electrons. The van der Waals surface area contributed by atoms with Crippen LogP contribution in [0.4, 0.5) is 11.4 Å². The Kier molecular flexibility index (Phi) is 10.7. The van der Waals surface area contributed by atoms with Gasteiger partial charge in [0.1, 0.15) is 11.4 Å². The molecule has 0 heterocycles. The molecule has 0 aromatic heterocycles. The Labute approximate surface area is 190 Å². The number of sulfonamides is 1. The minimum absolute atomic E-state index is 0. The number of rotatable bonds is 5. The number of azo groups is 1. The van der Waals surface area contributed by atoms with Gasteiger partial charge in [-0.1, -0.05) is 68.1 Å². The predicted octanol–water partition coefficient (Wildman–Crippen LogP) is 5.09. The summed E-state index contributed by atoms with van der Waals surface area (Å²) >= 11 is 0. The Morgan fingerprint density at radius 1 is 0.875 bits per heavy atom. The van der Waals surface area contributed by atoms with Crippen LogP contribution < -0.4 is 5.43 Å². The minimum atomic E-state index is -2.91. The summed E-state index contributed by atoms with van der Waals surface area (Å²) in [6.07, 6.45) is 1.16. The molecule has 0 amide bonds. The number of hydrazone groups is 1. The first-order chi connectivity index (χ1) is 14.8. The molecule has 32 heavy (non-hydrogen) atoms. The van der Waals surface area contributed by atoms with Crippen molar-refractivity contribution in [3.8, 4) is 5.75 Å². The number of hydrogen-bond acceptors (Lipinski definition) is 6. The fourth-order valence-corrected chi connectivity index (χ4v) is 2.01. The summed E-state index contributed by atoms with van der Waals surface area (Å²) in [5.74, 6) is 0.493. The van der Waals surface area contributed by atoms with E-state index >= 15 is 0 Å². The van der Waals surface area contributed by atoms with Gasteiger partial charge in [0.15, 0.2) is 0 Å². The van der Waals surface area contributed by atoms with Crippen LogP contribution in [0.1, 0.15) is 13.0 Å². The van der Waals surface area contributed by atoms with Crippen molar-refractivity contribution < 1.29 is 13.5 Å². The van der Waals surface area contributed by atoms with E-state index in [0.29, 0.717) is 11.5 Å². The van der Waals surface area contributed by atoms with Crippen LogP contribution in [0.25, 0.3) is 0 Å². The van der Waals surface area contributed by atoms with Crippen LogP contribution >= 0.6 is 0 Å². The van der Waals surface area contributed by atoms with Crippen LogP contribution in [0.3, 0.4) is 0 Å². The van der Waals surface area contributed by atoms with Gasteiger partial charge in [-0.05, 0) is 24.3 Å². The Morgan fingerprint density at radius 2 is 1.38 bits per heavy atom. The van der Waals surface area contributed by atoms with Gasteiger partial charge < -0.3 is 5.11 Å². The quantitative estimate of drug-likeness (QED) is 0.242. The molecule has 0 spiro atoms. The average molecular weight is 456 g/mol. The van der Waals surface area contributed by atoms with Gasteiger partial charge in [0.05, 0.1) is 11.9 Å². The summed E-state index contributed by atoms with van der Waals surface area (Å²) in [6, 6.07) is 25.9. The third-order valence-electron chi connectivity index (χ3n) is 3.89. The summed E-state index contributed by atoms with van der Waals surface area (Å²) in [5, 5.41) is 22.4. The zero-order valence-corrected chi connectivity index (χ0v) is 18.4. The lowest BCUT2D eigenvalue weighted by Crippen LogP contribution is -2.19. The molecule has 2 N–H and O–H groups in total. The molecule has 0 aliphatic heterocycles. The Hall–Kier alpha value is -3.56. The van der Waals surface area contributed by atoms with Crippen molar-refractivity contribution in [2.24, 2.45) is 15.3 Å². The standard InChI is InChI=1S/C19H16N4O.C3H9NO2S.CH4/c24-18-14-8-7-13-17(18)21-23-19(15-9-3-1-4-10-15)22-20-16-11-5-2-6-12-16;1-4(2)7(3,5)6;/h1-14,20,24H;1-3H3;1H4/b22-19-,23-21?;;. The number of nitrogens with one attached hydrogen (secondary N) is 1. The van der Waals surface area contributed by atoms with Crippen molar-refractivity contribution in [1.29, 1.82) is 0 Å².